The predicted molar refractivity (Wildman–Crippen MR) is 69.1 cm³/mol. The molecule has 5 heteroatoms. The highest BCUT2D eigenvalue weighted by atomic mass is 32.2. The van der Waals surface area contributed by atoms with Crippen LogP contribution in [0.4, 0.5) is 0 Å². The summed E-state index contributed by atoms with van der Waals surface area (Å²) < 4.78 is 22.0. The summed E-state index contributed by atoms with van der Waals surface area (Å²) in [7, 11) is -2.83. The summed E-state index contributed by atoms with van der Waals surface area (Å²) in [4.78, 5) is 0. The van der Waals surface area contributed by atoms with E-state index in [1.807, 2.05) is 11.8 Å². The van der Waals surface area contributed by atoms with E-state index >= 15 is 0 Å². The lowest BCUT2D eigenvalue weighted by Gasteiger charge is -2.20. The SMILES string of the molecule is CC(C)(C)SCC(N)CCCS(C)(=O)=O. The molecule has 0 fully saturated rings. The summed E-state index contributed by atoms with van der Waals surface area (Å²) in [6, 6.07) is 0.107. The first-order chi connectivity index (χ1) is 6.60. The Morgan fingerprint density at radius 2 is 1.87 bits per heavy atom. The number of nitrogens with two attached hydrogens (primary N) is 1. The van der Waals surface area contributed by atoms with Crippen molar-refractivity contribution in [3.63, 3.8) is 0 Å². The van der Waals surface area contributed by atoms with Crippen LogP contribution in [-0.4, -0.2) is 37.0 Å². The number of rotatable bonds is 6. The molecule has 0 heterocycles. The fourth-order valence-corrected chi connectivity index (χ4v) is 2.62. The van der Waals surface area contributed by atoms with Crippen LogP contribution in [0.5, 0.6) is 0 Å². The molecule has 0 aliphatic carbocycles. The van der Waals surface area contributed by atoms with E-state index in [9.17, 15) is 8.42 Å². The maximum Gasteiger partial charge on any atom is 0.147 e. The van der Waals surface area contributed by atoms with Crippen molar-refractivity contribution in [1.82, 2.24) is 0 Å². The van der Waals surface area contributed by atoms with E-state index in [1.54, 1.807) is 0 Å². The van der Waals surface area contributed by atoms with Crippen LogP contribution in [0, 0.1) is 0 Å². The maximum atomic E-state index is 10.9. The Bertz CT molecular complexity index is 268. The summed E-state index contributed by atoms with van der Waals surface area (Å²) in [6.07, 6.45) is 2.73. The second-order valence-corrected chi connectivity index (χ2v) is 9.06. The van der Waals surface area contributed by atoms with Crippen LogP contribution in [0.1, 0.15) is 33.6 Å². The van der Waals surface area contributed by atoms with Gasteiger partial charge in [0.2, 0.25) is 0 Å². The number of thioether (sulfide) groups is 1. The number of hydrogen-bond donors (Lipinski definition) is 1. The topological polar surface area (TPSA) is 60.2 Å². The molecule has 2 N–H and O–H groups in total. The van der Waals surface area contributed by atoms with Gasteiger partial charge < -0.3 is 5.73 Å². The van der Waals surface area contributed by atoms with Crippen LogP contribution in [0.2, 0.25) is 0 Å². The maximum absolute atomic E-state index is 10.9. The molecular weight excluding hydrogens is 230 g/mol. The lowest BCUT2D eigenvalue weighted by Crippen LogP contribution is -2.26. The van der Waals surface area contributed by atoms with Crippen LogP contribution in [-0.2, 0) is 9.84 Å². The van der Waals surface area contributed by atoms with E-state index in [2.05, 4.69) is 20.8 Å². The molecule has 0 saturated heterocycles. The van der Waals surface area contributed by atoms with E-state index in [-0.39, 0.29) is 16.5 Å². The van der Waals surface area contributed by atoms with Crippen molar-refractivity contribution in [3.05, 3.63) is 0 Å². The van der Waals surface area contributed by atoms with Gasteiger partial charge in [-0.15, -0.1) is 0 Å². The number of sulfone groups is 1. The smallest absolute Gasteiger partial charge is 0.147 e. The molecule has 0 rings (SSSR count). The van der Waals surface area contributed by atoms with Gasteiger partial charge in [0, 0.05) is 28.6 Å². The summed E-state index contributed by atoms with van der Waals surface area (Å²) in [5.41, 5.74) is 5.89. The third kappa shape index (κ3) is 12.2. The van der Waals surface area contributed by atoms with E-state index in [0.717, 1.165) is 12.2 Å². The van der Waals surface area contributed by atoms with Gasteiger partial charge in [0.15, 0.2) is 0 Å². The van der Waals surface area contributed by atoms with Gasteiger partial charge in [-0.25, -0.2) is 8.42 Å². The van der Waals surface area contributed by atoms with Crippen molar-refractivity contribution >= 4 is 21.6 Å². The average Bonchev–Trinajstić information content (AvgIpc) is 1.97. The molecule has 0 radical (unpaired) electrons. The molecule has 0 bridgehead atoms. The lowest BCUT2D eigenvalue weighted by atomic mass is 10.2. The molecule has 0 aromatic carbocycles. The Balaban J connectivity index is 3.63. The highest BCUT2D eigenvalue weighted by molar-refractivity contribution is 8.00. The molecule has 92 valence electrons. The van der Waals surface area contributed by atoms with Crippen LogP contribution in [0.25, 0.3) is 0 Å². The predicted octanol–water partition coefficient (Wildman–Crippen LogP) is 1.67. The van der Waals surface area contributed by atoms with Gasteiger partial charge in [-0.2, -0.15) is 11.8 Å². The Morgan fingerprint density at radius 1 is 1.33 bits per heavy atom. The molecule has 0 aromatic rings. The largest absolute Gasteiger partial charge is 0.327 e. The second-order valence-electron chi connectivity index (χ2n) is 4.96. The molecule has 0 amide bonds. The van der Waals surface area contributed by atoms with Gasteiger partial charge >= 0.3 is 0 Å². The van der Waals surface area contributed by atoms with E-state index in [0.29, 0.717) is 6.42 Å². The Hall–Kier alpha value is 0.260. The normalized spacial score (nSPS) is 15.3. The van der Waals surface area contributed by atoms with E-state index < -0.39 is 9.84 Å². The van der Waals surface area contributed by atoms with Gasteiger partial charge in [0.25, 0.3) is 0 Å². The van der Waals surface area contributed by atoms with E-state index in [1.165, 1.54) is 6.26 Å². The van der Waals surface area contributed by atoms with Crippen LogP contribution < -0.4 is 5.73 Å². The first-order valence-corrected chi connectivity index (χ1v) is 8.22. The fourth-order valence-electron chi connectivity index (χ4n) is 1.05. The molecule has 0 aliphatic heterocycles. The van der Waals surface area contributed by atoms with Gasteiger partial charge in [0.1, 0.15) is 9.84 Å². The summed E-state index contributed by atoms with van der Waals surface area (Å²) in [5, 5.41) is 0. The monoisotopic (exact) mass is 253 g/mol. The first kappa shape index (κ1) is 15.3. The molecule has 1 atom stereocenters. The molecule has 15 heavy (non-hydrogen) atoms. The van der Waals surface area contributed by atoms with Crippen LogP contribution in [0.15, 0.2) is 0 Å². The zero-order valence-electron chi connectivity index (χ0n) is 10.1. The second kappa shape index (κ2) is 6.11. The highest BCUT2D eigenvalue weighted by Gasteiger charge is 2.13. The van der Waals surface area contributed by atoms with Crippen molar-refractivity contribution in [2.75, 3.05) is 17.8 Å². The third-order valence-corrected chi connectivity index (χ3v) is 4.31. The van der Waals surface area contributed by atoms with Gasteiger partial charge in [-0.3, -0.25) is 0 Å². The Labute approximate surface area is 98.1 Å². The van der Waals surface area contributed by atoms with Crippen molar-refractivity contribution in [2.45, 2.75) is 44.4 Å². The van der Waals surface area contributed by atoms with Gasteiger partial charge in [-0.1, -0.05) is 20.8 Å². The van der Waals surface area contributed by atoms with Crippen molar-refractivity contribution < 1.29 is 8.42 Å². The molecule has 0 saturated carbocycles. The van der Waals surface area contributed by atoms with E-state index in [4.69, 9.17) is 5.73 Å². The standard InChI is InChI=1S/C10H23NO2S2/c1-10(2,3)14-8-9(11)6-5-7-15(4,12)13/h9H,5-8,11H2,1-4H3. The van der Waals surface area contributed by atoms with Crippen molar-refractivity contribution in [2.24, 2.45) is 5.73 Å². The van der Waals surface area contributed by atoms with Crippen molar-refractivity contribution in [1.29, 1.82) is 0 Å². The first-order valence-electron chi connectivity index (χ1n) is 5.17. The van der Waals surface area contributed by atoms with Crippen LogP contribution >= 0.6 is 11.8 Å². The summed E-state index contributed by atoms with van der Waals surface area (Å²) in [6.45, 7) is 6.46. The fraction of sp³-hybridized carbons (Fsp3) is 1.00. The quantitative estimate of drug-likeness (QED) is 0.782. The molecular formula is C10H23NO2S2. The third-order valence-electron chi connectivity index (χ3n) is 1.82. The van der Waals surface area contributed by atoms with Gasteiger partial charge in [-0.05, 0) is 12.8 Å². The zero-order valence-corrected chi connectivity index (χ0v) is 11.7. The summed E-state index contributed by atoms with van der Waals surface area (Å²) >= 11 is 1.83. The molecule has 3 nitrogen and oxygen atoms in total. The lowest BCUT2D eigenvalue weighted by molar-refractivity contribution is 0.591. The zero-order chi connectivity index (χ0) is 12.1. The highest BCUT2D eigenvalue weighted by Crippen LogP contribution is 2.24. The number of hydrogen-bond acceptors (Lipinski definition) is 4. The minimum atomic E-state index is -2.83. The molecule has 0 aromatic heterocycles. The molecule has 0 aliphatic rings. The van der Waals surface area contributed by atoms with Crippen molar-refractivity contribution in [3.8, 4) is 0 Å². The average molecular weight is 253 g/mol. The summed E-state index contributed by atoms with van der Waals surface area (Å²) in [5.74, 6) is 1.15. The minimum Gasteiger partial charge on any atom is -0.327 e. The van der Waals surface area contributed by atoms with Crippen LogP contribution in [0.3, 0.4) is 0 Å². The Kier molecular flexibility index (Phi) is 6.21. The molecule has 1 unspecified atom stereocenters. The minimum absolute atomic E-state index is 0.107. The van der Waals surface area contributed by atoms with Gasteiger partial charge in [0.05, 0.1) is 0 Å². The Morgan fingerprint density at radius 3 is 2.27 bits per heavy atom. The molecule has 0 spiro atoms.